The molecule has 0 fully saturated rings. The highest BCUT2D eigenvalue weighted by atomic mass is 79.9. The normalized spacial score (nSPS) is 10.5. The molecule has 90 valence electrons. The Bertz CT molecular complexity index is 491. The van der Waals surface area contributed by atoms with Crippen LogP contribution in [0.2, 0.25) is 0 Å². The topological polar surface area (TPSA) is 24.9 Å². The summed E-state index contributed by atoms with van der Waals surface area (Å²) >= 11 is 5.17. The highest BCUT2D eigenvalue weighted by Gasteiger charge is 2.09. The molecule has 1 N–H and O–H groups in total. The van der Waals surface area contributed by atoms with Crippen molar-refractivity contribution in [2.24, 2.45) is 0 Å². The summed E-state index contributed by atoms with van der Waals surface area (Å²) < 4.78 is 1.10. The third-order valence-corrected chi connectivity index (χ3v) is 3.90. The minimum absolute atomic E-state index is 0.979. The number of nitrogens with one attached hydrogen (secondary N) is 1. The molecule has 4 heteroatoms. The van der Waals surface area contributed by atoms with Crippen molar-refractivity contribution in [3.63, 3.8) is 0 Å². The lowest BCUT2D eigenvalue weighted by Crippen LogP contribution is -1.98. The molecule has 2 nitrogen and oxygen atoms in total. The fourth-order valence-corrected chi connectivity index (χ4v) is 2.71. The van der Waals surface area contributed by atoms with E-state index in [-0.39, 0.29) is 0 Å². The van der Waals surface area contributed by atoms with E-state index in [9.17, 15) is 0 Å². The maximum Gasteiger partial charge on any atom is 0.183 e. The second-order valence-corrected chi connectivity index (χ2v) is 5.98. The van der Waals surface area contributed by atoms with E-state index in [0.717, 1.165) is 28.3 Å². The van der Waals surface area contributed by atoms with Crippen LogP contribution in [0, 0.1) is 6.92 Å². The smallest absolute Gasteiger partial charge is 0.183 e. The van der Waals surface area contributed by atoms with Crippen LogP contribution in [-0.4, -0.2) is 11.5 Å². The Morgan fingerprint density at radius 1 is 1.29 bits per heavy atom. The Morgan fingerprint density at radius 2 is 2.00 bits per heavy atom. The van der Waals surface area contributed by atoms with Crippen molar-refractivity contribution in [2.75, 3.05) is 11.9 Å². The van der Waals surface area contributed by atoms with Gasteiger partial charge in [-0.1, -0.05) is 35.0 Å². The molecule has 0 aliphatic rings. The quantitative estimate of drug-likeness (QED) is 0.885. The molecule has 1 aromatic carbocycles. The molecule has 0 aliphatic heterocycles. The van der Waals surface area contributed by atoms with Crippen LogP contribution in [0.15, 0.2) is 28.7 Å². The maximum absolute atomic E-state index is 4.64. The first-order valence-electron chi connectivity index (χ1n) is 5.68. The Labute approximate surface area is 114 Å². The Morgan fingerprint density at radius 3 is 2.65 bits per heavy atom. The second-order valence-electron chi connectivity index (χ2n) is 3.86. The minimum Gasteiger partial charge on any atom is -0.362 e. The van der Waals surface area contributed by atoms with Crippen LogP contribution in [0.4, 0.5) is 5.13 Å². The maximum atomic E-state index is 4.64. The molecule has 0 saturated carbocycles. The number of aromatic nitrogens is 1. The summed E-state index contributed by atoms with van der Waals surface area (Å²) in [5.41, 5.74) is 2.26. The van der Waals surface area contributed by atoms with Crippen LogP contribution in [-0.2, 0) is 0 Å². The molecule has 0 atom stereocenters. The molecule has 0 spiro atoms. The zero-order chi connectivity index (χ0) is 12.3. The van der Waals surface area contributed by atoms with Gasteiger partial charge in [-0.25, -0.2) is 4.98 Å². The number of benzene rings is 1. The van der Waals surface area contributed by atoms with Gasteiger partial charge in [-0.05, 0) is 25.5 Å². The molecule has 0 saturated heterocycles. The molecule has 2 rings (SSSR count). The van der Waals surface area contributed by atoms with Crippen molar-refractivity contribution < 1.29 is 0 Å². The Kier molecular flexibility index (Phi) is 4.18. The van der Waals surface area contributed by atoms with Crippen LogP contribution in [0.5, 0.6) is 0 Å². The van der Waals surface area contributed by atoms with Crippen molar-refractivity contribution in [3.05, 3.63) is 33.6 Å². The van der Waals surface area contributed by atoms with Gasteiger partial charge in [-0.15, -0.1) is 11.3 Å². The molecule has 1 aromatic heterocycles. The molecule has 0 radical (unpaired) electrons. The number of rotatable bonds is 4. The van der Waals surface area contributed by atoms with Crippen LogP contribution < -0.4 is 5.32 Å². The fourth-order valence-electron chi connectivity index (χ4n) is 1.58. The van der Waals surface area contributed by atoms with Crippen molar-refractivity contribution in [1.82, 2.24) is 4.98 Å². The lowest BCUT2D eigenvalue weighted by Gasteiger charge is -1.99. The number of halogens is 1. The third-order valence-electron chi connectivity index (χ3n) is 2.44. The van der Waals surface area contributed by atoms with Crippen LogP contribution in [0.25, 0.3) is 11.3 Å². The van der Waals surface area contributed by atoms with E-state index in [4.69, 9.17) is 0 Å². The van der Waals surface area contributed by atoms with E-state index >= 15 is 0 Å². The summed E-state index contributed by atoms with van der Waals surface area (Å²) in [6.07, 6.45) is 1.12. The van der Waals surface area contributed by atoms with Crippen molar-refractivity contribution in [3.8, 4) is 11.3 Å². The number of anilines is 1. The van der Waals surface area contributed by atoms with Crippen LogP contribution >= 0.6 is 27.3 Å². The standard InChI is InChI=1S/C13H15BrN2S/c1-3-8-15-13-16-12(9(2)17-13)10-4-6-11(14)7-5-10/h4-7H,3,8H2,1-2H3,(H,15,16). The summed E-state index contributed by atoms with van der Waals surface area (Å²) in [5.74, 6) is 0. The molecule has 0 bridgehead atoms. The summed E-state index contributed by atoms with van der Waals surface area (Å²) in [5, 5.41) is 4.35. The first-order valence-corrected chi connectivity index (χ1v) is 7.29. The predicted octanol–water partition coefficient (Wildman–Crippen LogP) is 4.70. The van der Waals surface area contributed by atoms with E-state index < -0.39 is 0 Å². The summed E-state index contributed by atoms with van der Waals surface area (Å²) in [7, 11) is 0. The van der Waals surface area contributed by atoms with Gasteiger partial charge in [0.25, 0.3) is 0 Å². The summed E-state index contributed by atoms with van der Waals surface area (Å²) in [4.78, 5) is 5.89. The molecule has 0 unspecified atom stereocenters. The molecular weight excluding hydrogens is 296 g/mol. The molecule has 17 heavy (non-hydrogen) atoms. The second kappa shape index (κ2) is 5.65. The average molecular weight is 311 g/mol. The van der Waals surface area contributed by atoms with E-state index in [1.54, 1.807) is 11.3 Å². The molecule has 2 aromatic rings. The predicted molar refractivity (Wildman–Crippen MR) is 78.8 cm³/mol. The van der Waals surface area contributed by atoms with Crippen molar-refractivity contribution in [2.45, 2.75) is 20.3 Å². The minimum atomic E-state index is 0.979. The zero-order valence-electron chi connectivity index (χ0n) is 9.96. The monoisotopic (exact) mass is 310 g/mol. The van der Waals surface area contributed by atoms with Gasteiger partial charge >= 0.3 is 0 Å². The molecular formula is C13H15BrN2S. The van der Waals surface area contributed by atoms with Gasteiger partial charge < -0.3 is 5.32 Å². The highest BCUT2D eigenvalue weighted by Crippen LogP contribution is 2.30. The number of thiazole rings is 1. The van der Waals surface area contributed by atoms with E-state index in [2.05, 4.69) is 52.2 Å². The van der Waals surface area contributed by atoms with Crippen molar-refractivity contribution in [1.29, 1.82) is 0 Å². The van der Waals surface area contributed by atoms with E-state index in [0.29, 0.717) is 0 Å². The van der Waals surface area contributed by atoms with E-state index in [1.165, 1.54) is 10.4 Å². The lowest BCUT2D eigenvalue weighted by atomic mass is 10.1. The van der Waals surface area contributed by atoms with Crippen LogP contribution in [0.1, 0.15) is 18.2 Å². The number of nitrogens with zero attached hydrogens (tertiary/aromatic N) is 1. The van der Waals surface area contributed by atoms with Gasteiger partial charge in [0.15, 0.2) is 5.13 Å². The number of hydrogen-bond acceptors (Lipinski definition) is 3. The van der Waals surface area contributed by atoms with Gasteiger partial charge in [0, 0.05) is 21.5 Å². The summed E-state index contributed by atoms with van der Waals surface area (Å²) in [6.45, 7) is 5.25. The third kappa shape index (κ3) is 3.07. The molecule has 0 aliphatic carbocycles. The summed E-state index contributed by atoms with van der Waals surface area (Å²) in [6, 6.07) is 8.28. The van der Waals surface area contributed by atoms with Crippen LogP contribution in [0.3, 0.4) is 0 Å². The van der Waals surface area contributed by atoms with Gasteiger partial charge in [0.1, 0.15) is 0 Å². The number of hydrogen-bond donors (Lipinski definition) is 1. The Hall–Kier alpha value is -0.870. The highest BCUT2D eigenvalue weighted by molar-refractivity contribution is 9.10. The first-order chi connectivity index (χ1) is 8.20. The van der Waals surface area contributed by atoms with Gasteiger partial charge in [0.2, 0.25) is 0 Å². The van der Waals surface area contributed by atoms with Gasteiger partial charge in [-0.2, -0.15) is 0 Å². The average Bonchev–Trinajstić information content (AvgIpc) is 2.69. The Balaban J connectivity index is 2.26. The molecule has 0 amide bonds. The van der Waals surface area contributed by atoms with E-state index in [1.807, 2.05) is 12.1 Å². The van der Waals surface area contributed by atoms with Gasteiger partial charge in [0.05, 0.1) is 5.69 Å². The fraction of sp³-hybridized carbons (Fsp3) is 0.308. The largest absolute Gasteiger partial charge is 0.362 e. The SMILES string of the molecule is CCCNc1nc(-c2ccc(Br)cc2)c(C)s1. The van der Waals surface area contributed by atoms with Gasteiger partial charge in [-0.3, -0.25) is 0 Å². The zero-order valence-corrected chi connectivity index (χ0v) is 12.4. The lowest BCUT2D eigenvalue weighted by molar-refractivity contribution is 0.976. The number of aryl methyl sites for hydroxylation is 1. The molecule has 1 heterocycles. The first kappa shape index (κ1) is 12.6. The van der Waals surface area contributed by atoms with Crippen molar-refractivity contribution >= 4 is 32.4 Å².